The molecule has 0 radical (unpaired) electrons. The number of hydrogen-bond acceptors (Lipinski definition) is 4. The predicted octanol–water partition coefficient (Wildman–Crippen LogP) is 2.84. The van der Waals surface area contributed by atoms with Crippen LogP contribution < -0.4 is 5.32 Å². The molecule has 0 fully saturated rings. The van der Waals surface area contributed by atoms with Crippen LogP contribution in [0.3, 0.4) is 0 Å². The third-order valence-corrected chi connectivity index (χ3v) is 3.13. The molecule has 1 amide bonds. The number of hydrogen-bond donors (Lipinski definition) is 2. The van der Waals surface area contributed by atoms with Crippen molar-refractivity contribution in [3.63, 3.8) is 0 Å². The SMILES string of the molecule is O=C(Nc1nccnc1C(=O)O)c1cc(Br)ccc1Cl. The first kappa shape index (κ1) is 14.4. The van der Waals surface area contributed by atoms with E-state index in [-0.39, 0.29) is 22.1 Å². The summed E-state index contributed by atoms with van der Waals surface area (Å²) in [5, 5.41) is 11.6. The fourth-order valence-electron chi connectivity index (χ4n) is 1.43. The van der Waals surface area contributed by atoms with E-state index in [2.05, 4.69) is 31.2 Å². The van der Waals surface area contributed by atoms with Gasteiger partial charge in [-0.3, -0.25) is 4.79 Å². The molecule has 102 valence electrons. The van der Waals surface area contributed by atoms with E-state index < -0.39 is 11.9 Å². The van der Waals surface area contributed by atoms with Crippen molar-refractivity contribution in [1.29, 1.82) is 0 Å². The topological polar surface area (TPSA) is 92.2 Å². The molecule has 1 heterocycles. The van der Waals surface area contributed by atoms with E-state index in [1.807, 2.05) is 0 Å². The summed E-state index contributed by atoms with van der Waals surface area (Å²) in [6.07, 6.45) is 2.51. The Morgan fingerprint density at radius 3 is 2.65 bits per heavy atom. The second kappa shape index (κ2) is 5.98. The van der Waals surface area contributed by atoms with E-state index in [9.17, 15) is 9.59 Å². The Balaban J connectivity index is 2.33. The van der Waals surface area contributed by atoms with Gasteiger partial charge in [0.25, 0.3) is 5.91 Å². The molecule has 0 aliphatic rings. The smallest absolute Gasteiger partial charge is 0.358 e. The maximum Gasteiger partial charge on any atom is 0.358 e. The first-order chi connectivity index (χ1) is 9.49. The number of nitrogens with one attached hydrogen (secondary N) is 1. The fraction of sp³-hybridized carbons (Fsp3) is 0. The molecule has 0 unspecified atom stereocenters. The van der Waals surface area contributed by atoms with Crippen molar-refractivity contribution in [2.45, 2.75) is 0 Å². The van der Waals surface area contributed by atoms with Gasteiger partial charge in [0, 0.05) is 16.9 Å². The molecular weight excluding hydrogens is 350 g/mol. The summed E-state index contributed by atoms with van der Waals surface area (Å²) >= 11 is 9.15. The maximum absolute atomic E-state index is 12.1. The minimum atomic E-state index is -1.28. The molecule has 2 aromatic rings. The Kier molecular flexibility index (Phi) is 4.31. The lowest BCUT2D eigenvalue weighted by Crippen LogP contribution is -2.17. The molecular formula is C12H7BrClN3O3. The molecule has 20 heavy (non-hydrogen) atoms. The molecule has 0 bridgehead atoms. The molecule has 6 nitrogen and oxygen atoms in total. The highest BCUT2D eigenvalue weighted by atomic mass is 79.9. The lowest BCUT2D eigenvalue weighted by Gasteiger charge is -2.08. The van der Waals surface area contributed by atoms with Gasteiger partial charge in [0.2, 0.25) is 0 Å². The highest BCUT2D eigenvalue weighted by molar-refractivity contribution is 9.10. The van der Waals surface area contributed by atoms with Crippen LogP contribution in [0.2, 0.25) is 5.02 Å². The number of nitrogens with zero attached hydrogens (tertiary/aromatic N) is 2. The Hall–Kier alpha value is -1.99. The van der Waals surface area contributed by atoms with Crippen LogP contribution in [-0.4, -0.2) is 27.0 Å². The van der Waals surface area contributed by atoms with Crippen LogP contribution in [0.5, 0.6) is 0 Å². The second-order valence-corrected chi connectivity index (χ2v) is 4.96. The Labute approximate surface area is 126 Å². The number of carboxylic acids is 1. The van der Waals surface area contributed by atoms with Gasteiger partial charge in [-0.25, -0.2) is 14.8 Å². The number of benzene rings is 1. The molecule has 0 saturated carbocycles. The van der Waals surface area contributed by atoms with E-state index in [4.69, 9.17) is 16.7 Å². The number of aromatic nitrogens is 2. The highest BCUT2D eigenvalue weighted by Crippen LogP contribution is 2.22. The van der Waals surface area contributed by atoms with Crippen molar-refractivity contribution >= 4 is 45.2 Å². The Morgan fingerprint density at radius 1 is 1.25 bits per heavy atom. The number of anilines is 1. The molecule has 0 saturated heterocycles. The van der Waals surface area contributed by atoms with Crippen LogP contribution in [0.4, 0.5) is 5.82 Å². The molecule has 8 heteroatoms. The van der Waals surface area contributed by atoms with Crippen molar-refractivity contribution in [2.75, 3.05) is 5.32 Å². The van der Waals surface area contributed by atoms with Crippen LogP contribution in [0, 0.1) is 0 Å². The van der Waals surface area contributed by atoms with Gasteiger partial charge in [0.1, 0.15) is 0 Å². The molecule has 1 aromatic heterocycles. The number of amides is 1. The number of carbonyl (C=O) groups is 2. The van der Waals surface area contributed by atoms with E-state index in [0.29, 0.717) is 4.47 Å². The van der Waals surface area contributed by atoms with Crippen LogP contribution in [0.1, 0.15) is 20.8 Å². The summed E-state index contributed by atoms with van der Waals surface area (Å²) in [5.74, 6) is -1.99. The largest absolute Gasteiger partial charge is 0.476 e. The average molecular weight is 357 g/mol. The minimum absolute atomic E-state index is 0.138. The first-order valence-electron chi connectivity index (χ1n) is 5.29. The normalized spacial score (nSPS) is 10.1. The summed E-state index contributed by atoms with van der Waals surface area (Å²) < 4.78 is 0.671. The molecule has 1 aromatic carbocycles. The average Bonchev–Trinajstić information content (AvgIpc) is 2.41. The number of rotatable bonds is 3. The predicted molar refractivity (Wildman–Crippen MR) is 76.1 cm³/mol. The zero-order chi connectivity index (χ0) is 14.7. The summed E-state index contributed by atoms with van der Waals surface area (Å²) in [6.45, 7) is 0. The molecule has 0 aliphatic carbocycles. The van der Waals surface area contributed by atoms with Gasteiger partial charge in [-0.05, 0) is 18.2 Å². The van der Waals surface area contributed by atoms with Crippen molar-refractivity contribution in [3.8, 4) is 0 Å². The standard InChI is InChI=1S/C12H7BrClN3O3/c13-6-1-2-8(14)7(5-6)11(18)17-10-9(12(19)20)15-3-4-16-10/h1-5H,(H,19,20)(H,16,17,18). The first-order valence-corrected chi connectivity index (χ1v) is 6.47. The third kappa shape index (κ3) is 3.12. The molecule has 0 atom stereocenters. The Bertz CT molecular complexity index is 693. The second-order valence-electron chi connectivity index (χ2n) is 3.64. The van der Waals surface area contributed by atoms with Crippen molar-refractivity contribution in [1.82, 2.24) is 9.97 Å². The lowest BCUT2D eigenvalue weighted by atomic mass is 10.2. The van der Waals surface area contributed by atoms with Gasteiger partial charge >= 0.3 is 5.97 Å². The highest BCUT2D eigenvalue weighted by Gasteiger charge is 2.17. The van der Waals surface area contributed by atoms with E-state index in [1.165, 1.54) is 18.5 Å². The number of halogens is 2. The lowest BCUT2D eigenvalue weighted by molar-refractivity contribution is 0.0691. The molecule has 2 rings (SSSR count). The summed E-state index contributed by atoms with van der Waals surface area (Å²) in [7, 11) is 0. The summed E-state index contributed by atoms with van der Waals surface area (Å²) in [5.41, 5.74) is -0.144. The van der Waals surface area contributed by atoms with Crippen molar-refractivity contribution < 1.29 is 14.7 Å². The third-order valence-electron chi connectivity index (χ3n) is 2.31. The molecule has 2 N–H and O–H groups in total. The van der Waals surface area contributed by atoms with Gasteiger partial charge in [0.05, 0.1) is 10.6 Å². The zero-order valence-electron chi connectivity index (χ0n) is 9.80. The van der Waals surface area contributed by atoms with Crippen molar-refractivity contribution in [2.24, 2.45) is 0 Å². The van der Waals surface area contributed by atoms with Crippen LogP contribution in [-0.2, 0) is 0 Å². The van der Waals surface area contributed by atoms with Crippen LogP contribution in [0.25, 0.3) is 0 Å². The zero-order valence-corrected chi connectivity index (χ0v) is 12.1. The van der Waals surface area contributed by atoms with Crippen molar-refractivity contribution in [3.05, 3.63) is 51.3 Å². The maximum atomic E-state index is 12.1. The monoisotopic (exact) mass is 355 g/mol. The van der Waals surface area contributed by atoms with Gasteiger partial charge in [-0.15, -0.1) is 0 Å². The number of carboxylic acid groups (broad SMARTS) is 1. The number of carbonyl (C=O) groups excluding carboxylic acids is 1. The van der Waals surface area contributed by atoms with E-state index in [0.717, 1.165) is 0 Å². The summed E-state index contributed by atoms with van der Waals surface area (Å²) in [6, 6.07) is 4.76. The Morgan fingerprint density at radius 2 is 1.95 bits per heavy atom. The number of aromatic carboxylic acids is 1. The fourth-order valence-corrected chi connectivity index (χ4v) is 2.00. The van der Waals surface area contributed by atoms with E-state index in [1.54, 1.807) is 12.1 Å². The molecule has 0 spiro atoms. The van der Waals surface area contributed by atoms with Crippen LogP contribution in [0.15, 0.2) is 35.1 Å². The van der Waals surface area contributed by atoms with Gasteiger partial charge in [-0.2, -0.15) is 0 Å². The minimum Gasteiger partial charge on any atom is -0.476 e. The van der Waals surface area contributed by atoms with Gasteiger partial charge in [0.15, 0.2) is 11.5 Å². The quantitative estimate of drug-likeness (QED) is 0.882. The van der Waals surface area contributed by atoms with E-state index >= 15 is 0 Å². The molecule has 0 aliphatic heterocycles. The summed E-state index contributed by atoms with van der Waals surface area (Å²) in [4.78, 5) is 30.5. The van der Waals surface area contributed by atoms with Gasteiger partial charge < -0.3 is 10.4 Å². The van der Waals surface area contributed by atoms with Gasteiger partial charge in [-0.1, -0.05) is 27.5 Å². The van der Waals surface area contributed by atoms with Crippen LogP contribution >= 0.6 is 27.5 Å².